The Balaban J connectivity index is 2.11. The molecule has 1 aliphatic heterocycles. The summed E-state index contributed by atoms with van der Waals surface area (Å²) >= 11 is 0. The molecule has 1 aliphatic rings. The van der Waals surface area contributed by atoms with E-state index < -0.39 is 5.54 Å². The van der Waals surface area contributed by atoms with Gasteiger partial charge in [-0.15, -0.1) is 13.2 Å². The van der Waals surface area contributed by atoms with Crippen LogP contribution in [0.3, 0.4) is 0 Å². The Morgan fingerprint density at radius 1 is 1.08 bits per heavy atom. The average molecular weight is 332 g/mol. The van der Waals surface area contributed by atoms with Crippen LogP contribution in [0.15, 0.2) is 85.2 Å². The first-order valence-electron chi connectivity index (χ1n) is 8.20. The largest absolute Gasteiger partial charge is 0.405 e. The number of benzene rings is 1. The summed E-state index contributed by atoms with van der Waals surface area (Å²) in [7, 11) is 0. The molecule has 0 unspecified atom stereocenters. The molecule has 1 aromatic heterocycles. The van der Waals surface area contributed by atoms with E-state index in [1.807, 2.05) is 42.5 Å². The standard InChI is InChI=1S/C21H20N2O2/c1-3-8-18(16-11-14-22-15-12-16)21(13-4-2)20(24)25-19(23-21)17-9-6-5-7-10-17/h3-7,9-12,14-15,18H,1-2,8,13H2/t18-,21+/m0/s1. The van der Waals surface area contributed by atoms with Crippen LogP contribution in [-0.2, 0) is 9.53 Å². The summed E-state index contributed by atoms with van der Waals surface area (Å²) < 4.78 is 5.58. The monoisotopic (exact) mass is 332 g/mol. The lowest BCUT2D eigenvalue weighted by molar-refractivity contribution is -0.139. The highest BCUT2D eigenvalue weighted by molar-refractivity contribution is 6.08. The first-order valence-corrected chi connectivity index (χ1v) is 8.20. The van der Waals surface area contributed by atoms with Gasteiger partial charge in [-0.1, -0.05) is 30.4 Å². The van der Waals surface area contributed by atoms with Gasteiger partial charge in [0.1, 0.15) is 0 Å². The third-order valence-corrected chi connectivity index (χ3v) is 4.41. The van der Waals surface area contributed by atoms with Crippen molar-refractivity contribution in [3.63, 3.8) is 0 Å². The van der Waals surface area contributed by atoms with Crippen LogP contribution in [-0.4, -0.2) is 22.4 Å². The van der Waals surface area contributed by atoms with Crippen LogP contribution < -0.4 is 0 Å². The number of cyclic esters (lactones) is 1. The van der Waals surface area contributed by atoms with Crippen LogP contribution in [0, 0.1) is 0 Å². The molecule has 0 saturated heterocycles. The molecule has 0 amide bonds. The van der Waals surface area contributed by atoms with Crippen molar-refractivity contribution in [2.24, 2.45) is 4.99 Å². The molecule has 0 radical (unpaired) electrons. The molecule has 0 saturated carbocycles. The highest BCUT2D eigenvalue weighted by atomic mass is 16.6. The fraction of sp³-hybridized carbons (Fsp3) is 0.190. The molecular formula is C21H20N2O2. The van der Waals surface area contributed by atoms with E-state index in [9.17, 15) is 4.79 Å². The van der Waals surface area contributed by atoms with Crippen LogP contribution in [0.2, 0.25) is 0 Å². The quantitative estimate of drug-likeness (QED) is 0.567. The smallest absolute Gasteiger partial charge is 0.341 e. The number of hydrogen-bond donors (Lipinski definition) is 0. The normalized spacial score (nSPS) is 20.5. The second-order valence-corrected chi connectivity index (χ2v) is 5.95. The molecule has 126 valence electrons. The Bertz CT molecular complexity index is 799. The molecule has 0 fully saturated rings. The molecule has 0 aliphatic carbocycles. The van der Waals surface area contributed by atoms with Gasteiger partial charge in [-0.2, -0.15) is 0 Å². The fourth-order valence-corrected chi connectivity index (χ4v) is 3.21. The van der Waals surface area contributed by atoms with Crippen molar-refractivity contribution in [1.29, 1.82) is 0 Å². The van der Waals surface area contributed by atoms with Gasteiger partial charge in [-0.3, -0.25) is 4.98 Å². The number of esters is 1. The summed E-state index contributed by atoms with van der Waals surface area (Å²) in [6.07, 6.45) is 7.95. The maximum atomic E-state index is 12.9. The zero-order valence-electron chi connectivity index (χ0n) is 14.0. The minimum atomic E-state index is -1.04. The SMILES string of the molecule is C=CC[C@@H](c1ccncc1)[C@@]1(CC=C)N=C(c2ccccc2)OC1=O. The molecule has 4 heteroatoms. The Hall–Kier alpha value is -3.01. The molecule has 2 heterocycles. The molecule has 25 heavy (non-hydrogen) atoms. The van der Waals surface area contributed by atoms with Gasteiger partial charge in [0, 0.05) is 30.3 Å². The number of rotatable bonds is 7. The number of carbonyl (C=O) groups is 1. The third-order valence-electron chi connectivity index (χ3n) is 4.41. The van der Waals surface area contributed by atoms with E-state index in [0.717, 1.165) is 11.1 Å². The first kappa shape index (κ1) is 16.8. The van der Waals surface area contributed by atoms with Gasteiger partial charge in [-0.05, 0) is 36.2 Å². The van der Waals surface area contributed by atoms with Crippen LogP contribution >= 0.6 is 0 Å². The number of aliphatic imine (C=N–C) groups is 1. The van der Waals surface area contributed by atoms with Gasteiger partial charge < -0.3 is 4.74 Å². The van der Waals surface area contributed by atoms with Crippen molar-refractivity contribution in [3.8, 4) is 0 Å². The summed E-state index contributed by atoms with van der Waals surface area (Å²) in [5, 5.41) is 0. The molecule has 0 spiro atoms. The second-order valence-electron chi connectivity index (χ2n) is 5.95. The summed E-state index contributed by atoms with van der Waals surface area (Å²) in [6.45, 7) is 7.67. The van der Waals surface area contributed by atoms with Gasteiger partial charge in [0.05, 0.1) is 0 Å². The van der Waals surface area contributed by atoms with Crippen LogP contribution in [0.4, 0.5) is 0 Å². The number of allylic oxidation sites excluding steroid dienone is 1. The van der Waals surface area contributed by atoms with Gasteiger partial charge in [0.25, 0.3) is 0 Å². The van der Waals surface area contributed by atoms with E-state index in [2.05, 4.69) is 18.1 Å². The lowest BCUT2D eigenvalue weighted by Crippen LogP contribution is -2.40. The van der Waals surface area contributed by atoms with Gasteiger partial charge in [-0.25, -0.2) is 9.79 Å². The van der Waals surface area contributed by atoms with E-state index in [0.29, 0.717) is 18.7 Å². The minimum Gasteiger partial charge on any atom is -0.405 e. The molecule has 0 bridgehead atoms. The predicted molar refractivity (Wildman–Crippen MR) is 98.4 cm³/mol. The van der Waals surface area contributed by atoms with Crippen LogP contribution in [0.5, 0.6) is 0 Å². The minimum absolute atomic E-state index is 0.195. The third kappa shape index (κ3) is 3.15. The maximum absolute atomic E-state index is 12.9. The second kappa shape index (κ2) is 7.26. The Labute approximate surface area is 147 Å². The molecule has 4 nitrogen and oxygen atoms in total. The number of carbonyl (C=O) groups excluding carboxylic acids is 1. The zero-order valence-corrected chi connectivity index (χ0v) is 14.0. The summed E-state index contributed by atoms with van der Waals surface area (Å²) in [5.41, 5.74) is 0.725. The van der Waals surface area contributed by atoms with Crippen molar-refractivity contribution in [2.45, 2.75) is 24.3 Å². The first-order chi connectivity index (χ1) is 12.2. The summed E-state index contributed by atoms with van der Waals surface area (Å²) in [5.74, 6) is -0.190. The molecule has 3 rings (SSSR count). The predicted octanol–water partition coefficient (Wildman–Crippen LogP) is 4.06. The van der Waals surface area contributed by atoms with Gasteiger partial charge in [0.15, 0.2) is 5.54 Å². The van der Waals surface area contributed by atoms with E-state index in [-0.39, 0.29) is 11.9 Å². The molecule has 2 aromatic rings. The highest BCUT2D eigenvalue weighted by Crippen LogP contribution is 2.42. The average Bonchev–Trinajstić information content (AvgIpc) is 2.99. The zero-order chi connectivity index (χ0) is 17.7. The summed E-state index contributed by atoms with van der Waals surface area (Å²) in [4.78, 5) is 21.8. The van der Waals surface area contributed by atoms with Crippen molar-refractivity contribution in [3.05, 3.63) is 91.3 Å². The number of pyridine rings is 1. The Morgan fingerprint density at radius 2 is 1.80 bits per heavy atom. The van der Waals surface area contributed by atoms with E-state index >= 15 is 0 Å². The number of ether oxygens (including phenoxy) is 1. The number of hydrogen-bond acceptors (Lipinski definition) is 4. The Morgan fingerprint density at radius 3 is 2.44 bits per heavy atom. The maximum Gasteiger partial charge on any atom is 0.341 e. The number of aromatic nitrogens is 1. The molecule has 2 atom stereocenters. The molecule has 0 N–H and O–H groups in total. The van der Waals surface area contributed by atoms with Crippen molar-refractivity contribution < 1.29 is 9.53 Å². The highest BCUT2D eigenvalue weighted by Gasteiger charge is 2.51. The van der Waals surface area contributed by atoms with Crippen LogP contribution in [0.1, 0.15) is 29.9 Å². The topological polar surface area (TPSA) is 51.6 Å². The Kier molecular flexibility index (Phi) is 4.89. The van der Waals surface area contributed by atoms with Crippen molar-refractivity contribution in [2.75, 3.05) is 0 Å². The van der Waals surface area contributed by atoms with Gasteiger partial charge >= 0.3 is 5.97 Å². The fourth-order valence-electron chi connectivity index (χ4n) is 3.21. The van der Waals surface area contributed by atoms with E-state index in [4.69, 9.17) is 9.73 Å². The van der Waals surface area contributed by atoms with Crippen molar-refractivity contribution >= 4 is 11.9 Å². The number of nitrogens with zero attached hydrogens (tertiary/aromatic N) is 2. The summed E-state index contributed by atoms with van der Waals surface area (Å²) in [6, 6.07) is 13.3. The van der Waals surface area contributed by atoms with E-state index in [1.54, 1.807) is 24.5 Å². The molecular weight excluding hydrogens is 312 g/mol. The van der Waals surface area contributed by atoms with Crippen molar-refractivity contribution in [1.82, 2.24) is 4.98 Å². The molecule has 1 aromatic carbocycles. The van der Waals surface area contributed by atoms with Gasteiger partial charge in [0.2, 0.25) is 5.90 Å². The lowest BCUT2D eigenvalue weighted by Gasteiger charge is -2.30. The van der Waals surface area contributed by atoms with Crippen LogP contribution in [0.25, 0.3) is 0 Å². The lowest BCUT2D eigenvalue weighted by atomic mass is 9.76. The van der Waals surface area contributed by atoms with E-state index in [1.165, 1.54) is 0 Å².